The topological polar surface area (TPSA) is 51.0 Å². The highest BCUT2D eigenvalue weighted by Gasteiger charge is 2.02. The molecule has 0 saturated carbocycles. The van der Waals surface area contributed by atoms with Gasteiger partial charge in [0.05, 0.1) is 18.0 Å². The van der Waals surface area contributed by atoms with E-state index in [4.69, 9.17) is 4.74 Å². The van der Waals surface area contributed by atoms with Crippen LogP contribution in [0.25, 0.3) is 0 Å². The van der Waals surface area contributed by atoms with E-state index >= 15 is 0 Å². The molecule has 2 aromatic carbocycles. The fourth-order valence-electron chi connectivity index (χ4n) is 1.90. The molecule has 0 aromatic heterocycles. The third kappa shape index (κ3) is 5.87. The Morgan fingerprint density at radius 2 is 1.61 bits per heavy atom. The van der Waals surface area contributed by atoms with Gasteiger partial charge in [-0.1, -0.05) is 36.9 Å². The van der Waals surface area contributed by atoms with Crippen molar-refractivity contribution in [1.82, 2.24) is 0 Å². The maximum absolute atomic E-state index is 11.2. The van der Waals surface area contributed by atoms with Crippen LogP contribution in [0.3, 0.4) is 0 Å². The normalized spacial score (nSPS) is 10.7. The molecule has 0 bridgehead atoms. The third-order valence-corrected chi connectivity index (χ3v) is 3.16. The molecule has 0 fully saturated rings. The Morgan fingerprint density at radius 1 is 1.00 bits per heavy atom. The lowest BCUT2D eigenvalue weighted by Gasteiger charge is -2.04. The molecule has 0 unspecified atom stereocenters. The molecule has 2 rings (SSSR count). The highest BCUT2D eigenvalue weighted by atomic mass is 16.5. The number of hydrogen-bond acceptors (Lipinski definition) is 4. The van der Waals surface area contributed by atoms with E-state index in [1.807, 2.05) is 54.6 Å². The first-order valence-corrected chi connectivity index (χ1v) is 7.53. The maximum Gasteiger partial charge on any atom is 0.333 e. The zero-order chi connectivity index (χ0) is 16.5. The minimum Gasteiger partial charge on any atom is -0.462 e. The first-order chi connectivity index (χ1) is 11.1. The lowest BCUT2D eigenvalue weighted by molar-refractivity contribution is -0.139. The van der Waals surface area contributed by atoms with Gasteiger partial charge in [0.1, 0.15) is 0 Å². The fourth-order valence-corrected chi connectivity index (χ4v) is 1.90. The molecule has 0 aliphatic heterocycles. The van der Waals surface area contributed by atoms with E-state index in [0.717, 1.165) is 24.2 Å². The summed E-state index contributed by atoms with van der Waals surface area (Å²) in [4.78, 5) is 11.2. The van der Waals surface area contributed by atoms with Gasteiger partial charge in [-0.05, 0) is 49.6 Å². The summed E-state index contributed by atoms with van der Waals surface area (Å²) in [5.41, 5.74) is 3.25. The summed E-state index contributed by atoms with van der Waals surface area (Å²) < 4.78 is 5.06. The number of esters is 1. The van der Waals surface area contributed by atoms with E-state index < -0.39 is 0 Å². The van der Waals surface area contributed by atoms with E-state index in [1.54, 1.807) is 6.92 Å². The molecule has 0 aliphatic carbocycles. The van der Waals surface area contributed by atoms with Crippen molar-refractivity contribution < 1.29 is 9.53 Å². The molecule has 0 saturated heterocycles. The fraction of sp³-hybridized carbons (Fsp3) is 0.211. The van der Waals surface area contributed by atoms with E-state index in [-0.39, 0.29) is 5.97 Å². The van der Waals surface area contributed by atoms with Crippen LogP contribution < -0.4 is 0 Å². The molecule has 0 N–H and O–H groups in total. The molecular formula is C19H20N2O2. The Kier molecular flexibility index (Phi) is 6.24. The first-order valence-electron chi connectivity index (χ1n) is 7.53. The number of hydrogen-bond donors (Lipinski definition) is 0. The number of carbonyl (C=O) groups is 1. The Bertz CT molecular complexity index is 676. The second-order valence-electron chi connectivity index (χ2n) is 5.22. The van der Waals surface area contributed by atoms with Gasteiger partial charge in [0, 0.05) is 5.57 Å². The summed E-state index contributed by atoms with van der Waals surface area (Å²) >= 11 is 0. The summed E-state index contributed by atoms with van der Waals surface area (Å²) in [6, 6.07) is 17.5. The van der Waals surface area contributed by atoms with Gasteiger partial charge in [-0.3, -0.25) is 0 Å². The first kappa shape index (κ1) is 16.6. The van der Waals surface area contributed by atoms with Crippen molar-refractivity contribution in [1.29, 1.82) is 0 Å². The van der Waals surface area contributed by atoms with Crippen LogP contribution in [0.15, 0.2) is 77.0 Å². The number of rotatable bonds is 7. The lowest BCUT2D eigenvalue weighted by atomic mass is 10.1. The van der Waals surface area contributed by atoms with Crippen molar-refractivity contribution in [3.05, 3.63) is 72.3 Å². The van der Waals surface area contributed by atoms with Crippen LogP contribution in [0.1, 0.15) is 18.9 Å². The van der Waals surface area contributed by atoms with Gasteiger partial charge >= 0.3 is 5.97 Å². The van der Waals surface area contributed by atoms with Crippen molar-refractivity contribution in [2.75, 3.05) is 6.61 Å². The number of azo groups is 1. The van der Waals surface area contributed by atoms with Crippen molar-refractivity contribution >= 4 is 17.3 Å². The number of carbonyl (C=O) groups excluding carboxylic acids is 1. The zero-order valence-corrected chi connectivity index (χ0v) is 13.2. The van der Waals surface area contributed by atoms with Crippen LogP contribution in [0, 0.1) is 0 Å². The van der Waals surface area contributed by atoms with Crippen molar-refractivity contribution in [2.24, 2.45) is 10.2 Å². The highest BCUT2D eigenvalue weighted by Crippen LogP contribution is 2.18. The van der Waals surface area contributed by atoms with Gasteiger partial charge < -0.3 is 4.74 Å². The van der Waals surface area contributed by atoms with Gasteiger partial charge in [0.2, 0.25) is 0 Å². The molecule has 0 atom stereocenters. The van der Waals surface area contributed by atoms with Gasteiger partial charge in [0.15, 0.2) is 0 Å². The maximum atomic E-state index is 11.2. The van der Waals surface area contributed by atoms with Gasteiger partial charge in [-0.25, -0.2) is 4.79 Å². The monoisotopic (exact) mass is 308 g/mol. The number of benzene rings is 2. The lowest BCUT2D eigenvalue weighted by Crippen LogP contribution is -2.06. The second-order valence-corrected chi connectivity index (χ2v) is 5.22. The smallest absolute Gasteiger partial charge is 0.333 e. The molecular weight excluding hydrogens is 288 g/mol. The largest absolute Gasteiger partial charge is 0.462 e. The molecule has 23 heavy (non-hydrogen) atoms. The summed E-state index contributed by atoms with van der Waals surface area (Å²) in [7, 11) is 0. The molecule has 4 nitrogen and oxygen atoms in total. The van der Waals surface area contributed by atoms with Crippen molar-refractivity contribution in [3.8, 4) is 0 Å². The van der Waals surface area contributed by atoms with E-state index in [0.29, 0.717) is 12.2 Å². The third-order valence-electron chi connectivity index (χ3n) is 3.16. The van der Waals surface area contributed by atoms with Gasteiger partial charge in [0.25, 0.3) is 0 Å². The molecule has 0 amide bonds. The van der Waals surface area contributed by atoms with Crippen LogP contribution in [-0.4, -0.2) is 12.6 Å². The molecule has 4 heteroatoms. The molecule has 0 spiro atoms. The average molecular weight is 308 g/mol. The van der Waals surface area contributed by atoms with Crippen LogP contribution in [0.5, 0.6) is 0 Å². The van der Waals surface area contributed by atoms with Crippen LogP contribution >= 0.6 is 0 Å². The molecule has 2 aromatic rings. The van der Waals surface area contributed by atoms with Crippen LogP contribution in [-0.2, 0) is 16.0 Å². The van der Waals surface area contributed by atoms with Crippen molar-refractivity contribution in [2.45, 2.75) is 19.8 Å². The average Bonchev–Trinajstić information content (AvgIpc) is 2.58. The summed E-state index contributed by atoms with van der Waals surface area (Å²) in [6.07, 6.45) is 1.63. The predicted octanol–water partition coefficient (Wildman–Crippen LogP) is 5.15. The molecule has 0 aliphatic rings. The molecule has 118 valence electrons. The highest BCUT2D eigenvalue weighted by molar-refractivity contribution is 5.86. The Balaban J connectivity index is 1.79. The summed E-state index contributed by atoms with van der Waals surface area (Å²) in [5.74, 6) is -0.332. The van der Waals surface area contributed by atoms with E-state index in [9.17, 15) is 4.79 Å². The molecule has 0 heterocycles. The van der Waals surface area contributed by atoms with E-state index in [2.05, 4.69) is 16.8 Å². The summed E-state index contributed by atoms with van der Waals surface area (Å²) in [5, 5.41) is 8.38. The van der Waals surface area contributed by atoms with E-state index in [1.165, 1.54) is 5.56 Å². The predicted molar refractivity (Wildman–Crippen MR) is 91.2 cm³/mol. The second kappa shape index (κ2) is 8.63. The van der Waals surface area contributed by atoms with Crippen LogP contribution in [0.2, 0.25) is 0 Å². The number of aryl methyl sites for hydroxylation is 1. The zero-order valence-electron chi connectivity index (χ0n) is 13.2. The van der Waals surface area contributed by atoms with Crippen molar-refractivity contribution in [3.63, 3.8) is 0 Å². The van der Waals surface area contributed by atoms with Gasteiger partial charge in [-0.15, -0.1) is 0 Å². The minimum absolute atomic E-state index is 0.332. The molecule has 0 radical (unpaired) electrons. The van der Waals surface area contributed by atoms with Gasteiger partial charge in [-0.2, -0.15) is 10.2 Å². The Labute approximate surface area is 136 Å². The summed E-state index contributed by atoms with van der Waals surface area (Å²) in [6.45, 7) is 5.59. The number of ether oxygens (including phenoxy) is 1. The quantitative estimate of drug-likeness (QED) is 0.307. The number of nitrogens with zero attached hydrogens (tertiary/aromatic N) is 2. The Hall–Kier alpha value is -2.75. The Morgan fingerprint density at radius 3 is 2.22 bits per heavy atom. The minimum atomic E-state index is -0.332. The van der Waals surface area contributed by atoms with Crippen LogP contribution in [0.4, 0.5) is 11.4 Å². The standard InChI is InChI=1S/C19H20N2O2/c1-15(2)19(22)23-14-6-7-16-10-12-18(13-11-16)21-20-17-8-4-3-5-9-17/h3-5,8-13H,1,6-7,14H2,2H3. The SMILES string of the molecule is C=C(C)C(=O)OCCCc1ccc(N=Nc2ccccc2)cc1.